The van der Waals surface area contributed by atoms with E-state index in [0.717, 1.165) is 0 Å². The molecule has 0 aliphatic rings. The second kappa shape index (κ2) is 12.5. The molecule has 0 fully saturated rings. The molecule has 10 aromatic carbocycles. The van der Waals surface area contributed by atoms with Gasteiger partial charge in [-0.15, -0.1) is 0 Å². The smallest absolute Gasteiger partial charge is 0.00201 e. The normalized spacial score (nSPS) is 11.5. The molecule has 0 aliphatic carbocycles. The molecule has 10 rings (SSSR count). The van der Waals surface area contributed by atoms with Gasteiger partial charge in [0, 0.05) is 0 Å². The summed E-state index contributed by atoms with van der Waals surface area (Å²) in [5, 5.41) is 10.1. The van der Waals surface area contributed by atoms with E-state index in [-0.39, 0.29) is 0 Å². The standard InChI is InChI=1S/C52H34/c1-2-13-35(14-3-1)40-19-10-20-41(33-40)42-31-32-49-50(34-42)51(39-29-27-38(28-30-39)44-25-11-17-36-15-4-6-21-43(36)44)47-23-8-9-24-48(47)52(49)46-26-12-18-37-16-5-7-22-45(37)46/h1-34H. The fourth-order valence-electron chi connectivity index (χ4n) is 8.21. The van der Waals surface area contributed by atoms with Crippen molar-refractivity contribution < 1.29 is 0 Å². The first-order valence-corrected chi connectivity index (χ1v) is 18.0. The van der Waals surface area contributed by atoms with Gasteiger partial charge in [-0.25, -0.2) is 0 Å². The largest absolute Gasteiger partial charge is 0.0622 e. The van der Waals surface area contributed by atoms with Crippen LogP contribution in [0.15, 0.2) is 206 Å². The van der Waals surface area contributed by atoms with Crippen LogP contribution in [0.3, 0.4) is 0 Å². The summed E-state index contributed by atoms with van der Waals surface area (Å²) in [6, 6.07) is 75.6. The van der Waals surface area contributed by atoms with Gasteiger partial charge in [-0.1, -0.05) is 194 Å². The van der Waals surface area contributed by atoms with Crippen molar-refractivity contribution in [2.75, 3.05) is 0 Å². The number of fused-ring (bicyclic) bond motifs is 4. The minimum Gasteiger partial charge on any atom is -0.0622 e. The lowest BCUT2D eigenvalue weighted by Crippen LogP contribution is -1.93. The Balaban J connectivity index is 1.24. The first kappa shape index (κ1) is 30.1. The van der Waals surface area contributed by atoms with Crippen molar-refractivity contribution >= 4 is 43.1 Å². The van der Waals surface area contributed by atoms with E-state index < -0.39 is 0 Å². The molecular formula is C52H34. The van der Waals surface area contributed by atoms with Crippen molar-refractivity contribution in [3.63, 3.8) is 0 Å². The zero-order valence-electron chi connectivity index (χ0n) is 28.6. The van der Waals surface area contributed by atoms with Crippen molar-refractivity contribution in [1.29, 1.82) is 0 Å². The molecule has 0 saturated heterocycles. The molecule has 0 amide bonds. The highest BCUT2D eigenvalue weighted by Gasteiger charge is 2.19. The van der Waals surface area contributed by atoms with Crippen LogP contribution in [-0.2, 0) is 0 Å². The quantitative estimate of drug-likeness (QED) is 0.161. The van der Waals surface area contributed by atoms with Gasteiger partial charge in [-0.3, -0.25) is 0 Å². The SMILES string of the molecule is c1ccc(-c2cccc(-c3ccc4c(-c5cccc6ccccc56)c5ccccc5c(-c5ccc(-c6cccc7ccccc67)cc5)c4c3)c2)cc1. The Morgan fingerprint density at radius 3 is 1.35 bits per heavy atom. The van der Waals surface area contributed by atoms with Gasteiger partial charge in [0.15, 0.2) is 0 Å². The van der Waals surface area contributed by atoms with E-state index in [0.29, 0.717) is 0 Å². The molecule has 0 nitrogen and oxygen atoms in total. The average Bonchev–Trinajstić information content (AvgIpc) is 3.23. The molecule has 0 aromatic heterocycles. The van der Waals surface area contributed by atoms with Crippen LogP contribution in [0.25, 0.3) is 98.7 Å². The molecule has 242 valence electrons. The van der Waals surface area contributed by atoms with E-state index in [4.69, 9.17) is 0 Å². The van der Waals surface area contributed by atoms with Gasteiger partial charge >= 0.3 is 0 Å². The third-order valence-corrected chi connectivity index (χ3v) is 10.7. The van der Waals surface area contributed by atoms with E-state index in [1.165, 1.54) is 98.7 Å². The molecule has 0 radical (unpaired) electrons. The lowest BCUT2D eigenvalue weighted by molar-refractivity contribution is 1.60. The van der Waals surface area contributed by atoms with E-state index in [1.54, 1.807) is 0 Å². The van der Waals surface area contributed by atoms with Gasteiger partial charge in [0.1, 0.15) is 0 Å². The van der Waals surface area contributed by atoms with E-state index >= 15 is 0 Å². The Morgan fingerprint density at radius 2 is 0.635 bits per heavy atom. The zero-order chi connectivity index (χ0) is 34.4. The Morgan fingerprint density at radius 1 is 0.192 bits per heavy atom. The third-order valence-electron chi connectivity index (χ3n) is 10.7. The average molecular weight is 659 g/mol. The van der Waals surface area contributed by atoms with E-state index in [9.17, 15) is 0 Å². The Kier molecular flexibility index (Phi) is 7.25. The minimum atomic E-state index is 1.21. The Hall–Kier alpha value is -6.76. The van der Waals surface area contributed by atoms with Gasteiger partial charge in [0.2, 0.25) is 0 Å². The second-order valence-electron chi connectivity index (χ2n) is 13.6. The molecule has 10 aromatic rings. The number of rotatable bonds is 5. The maximum atomic E-state index is 2.43. The van der Waals surface area contributed by atoms with Crippen LogP contribution < -0.4 is 0 Å². The summed E-state index contributed by atoms with van der Waals surface area (Å²) in [5.41, 5.74) is 12.4. The Bertz CT molecular complexity index is 2920. The predicted molar refractivity (Wildman–Crippen MR) is 224 cm³/mol. The van der Waals surface area contributed by atoms with Gasteiger partial charge in [-0.05, 0) is 111 Å². The number of benzene rings is 10. The van der Waals surface area contributed by atoms with Crippen LogP contribution in [0.2, 0.25) is 0 Å². The summed E-state index contributed by atoms with van der Waals surface area (Å²) in [5.74, 6) is 0. The topological polar surface area (TPSA) is 0 Å². The summed E-state index contributed by atoms with van der Waals surface area (Å²) in [4.78, 5) is 0. The lowest BCUT2D eigenvalue weighted by Gasteiger charge is -2.20. The van der Waals surface area contributed by atoms with Crippen molar-refractivity contribution in [3.05, 3.63) is 206 Å². The molecule has 0 unspecified atom stereocenters. The van der Waals surface area contributed by atoms with Crippen LogP contribution in [-0.4, -0.2) is 0 Å². The van der Waals surface area contributed by atoms with Crippen LogP contribution >= 0.6 is 0 Å². The number of hydrogen-bond donors (Lipinski definition) is 0. The van der Waals surface area contributed by atoms with Crippen molar-refractivity contribution in [2.45, 2.75) is 0 Å². The molecule has 0 N–H and O–H groups in total. The monoisotopic (exact) mass is 658 g/mol. The van der Waals surface area contributed by atoms with Gasteiger partial charge in [0.25, 0.3) is 0 Å². The first-order chi connectivity index (χ1) is 25.8. The van der Waals surface area contributed by atoms with Crippen molar-refractivity contribution in [1.82, 2.24) is 0 Å². The van der Waals surface area contributed by atoms with Crippen molar-refractivity contribution in [2.24, 2.45) is 0 Å². The predicted octanol–water partition coefficient (Wildman–Crippen LogP) is 14.6. The molecule has 0 heterocycles. The molecular weight excluding hydrogens is 625 g/mol. The van der Waals surface area contributed by atoms with E-state index in [1.807, 2.05) is 0 Å². The highest BCUT2D eigenvalue weighted by Crippen LogP contribution is 2.46. The molecule has 0 bridgehead atoms. The van der Waals surface area contributed by atoms with Crippen LogP contribution in [0.5, 0.6) is 0 Å². The molecule has 52 heavy (non-hydrogen) atoms. The maximum absolute atomic E-state index is 2.43. The summed E-state index contributed by atoms with van der Waals surface area (Å²) in [7, 11) is 0. The fraction of sp³-hybridized carbons (Fsp3) is 0. The summed E-state index contributed by atoms with van der Waals surface area (Å²) in [6.45, 7) is 0. The summed E-state index contributed by atoms with van der Waals surface area (Å²) >= 11 is 0. The number of hydrogen-bond acceptors (Lipinski definition) is 0. The van der Waals surface area contributed by atoms with Crippen LogP contribution in [0, 0.1) is 0 Å². The summed E-state index contributed by atoms with van der Waals surface area (Å²) in [6.07, 6.45) is 0. The molecule has 0 aliphatic heterocycles. The molecule has 0 atom stereocenters. The fourth-order valence-corrected chi connectivity index (χ4v) is 8.21. The van der Waals surface area contributed by atoms with E-state index in [2.05, 4.69) is 206 Å². The molecule has 0 spiro atoms. The van der Waals surface area contributed by atoms with Crippen LogP contribution in [0.1, 0.15) is 0 Å². The van der Waals surface area contributed by atoms with Gasteiger partial charge in [0.05, 0.1) is 0 Å². The minimum absolute atomic E-state index is 1.21. The second-order valence-corrected chi connectivity index (χ2v) is 13.6. The zero-order valence-corrected chi connectivity index (χ0v) is 28.6. The van der Waals surface area contributed by atoms with Crippen LogP contribution in [0.4, 0.5) is 0 Å². The highest BCUT2D eigenvalue weighted by molar-refractivity contribution is 6.24. The Labute approximate surface area is 303 Å². The van der Waals surface area contributed by atoms with Gasteiger partial charge in [-0.2, -0.15) is 0 Å². The third kappa shape index (κ3) is 5.08. The molecule has 0 heteroatoms. The maximum Gasteiger partial charge on any atom is -0.00201 e. The molecule has 0 saturated carbocycles. The van der Waals surface area contributed by atoms with Gasteiger partial charge < -0.3 is 0 Å². The highest BCUT2D eigenvalue weighted by atomic mass is 14.2. The lowest BCUT2D eigenvalue weighted by atomic mass is 9.83. The first-order valence-electron chi connectivity index (χ1n) is 18.0. The van der Waals surface area contributed by atoms with Crippen molar-refractivity contribution in [3.8, 4) is 55.6 Å². The summed E-state index contributed by atoms with van der Waals surface area (Å²) < 4.78 is 0.